The zero-order valence-corrected chi connectivity index (χ0v) is 14.5. The van der Waals surface area contributed by atoms with Crippen LogP contribution in [0.5, 0.6) is 0 Å². The molecule has 2 aliphatic rings. The van der Waals surface area contributed by atoms with Gasteiger partial charge in [0.15, 0.2) is 0 Å². The van der Waals surface area contributed by atoms with Crippen LogP contribution in [0.15, 0.2) is 6.07 Å². The van der Waals surface area contributed by atoms with Gasteiger partial charge in [-0.3, -0.25) is 4.79 Å². The Labute approximate surface area is 143 Å². The van der Waals surface area contributed by atoms with Gasteiger partial charge >= 0.3 is 0 Å². The normalized spacial score (nSPS) is 21.3. The quantitative estimate of drug-likeness (QED) is 0.798. The van der Waals surface area contributed by atoms with E-state index in [1.165, 1.54) is 0 Å². The maximum atomic E-state index is 12.2. The van der Waals surface area contributed by atoms with E-state index in [9.17, 15) is 4.79 Å². The van der Waals surface area contributed by atoms with E-state index in [1.54, 1.807) is 0 Å². The SMILES string of the molecule is Cc1cc(N2CCN(C(=O)COCC3CCCO3)CC2)nc(C)n1. The van der Waals surface area contributed by atoms with Gasteiger partial charge in [-0.25, -0.2) is 9.97 Å². The third kappa shape index (κ3) is 4.42. The average molecular weight is 334 g/mol. The molecule has 7 nitrogen and oxygen atoms in total. The lowest BCUT2D eigenvalue weighted by Crippen LogP contribution is -2.50. The van der Waals surface area contributed by atoms with Gasteiger partial charge in [0.05, 0.1) is 12.7 Å². The summed E-state index contributed by atoms with van der Waals surface area (Å²) >= 11 is 0. The summed E-state index contributed by atoms with van der Waals surface area (Å²) in [6, 6.07) is 2.00. The second-order valence-electron chi connectivity index (χ2n) is 6.43. The Balaban J connectivity index is 1.43. The van der Waals surface area contributed by atoms with Crippen LogP contribution in [0.25, 0.3) is 0 Å². The number of amides is 1. The minimum absolute atomic E-state index is 0.0581. The number of piperazine rings is 1. The number of carbonyl (C=O) groups excluding carboxylic acids is 1. The van der Waals surface area contributed by atoms with E-state index in [2.05, 4.69) is 14.9 Å². The molecule has 7 heteroatoms. The van der Waals surface area contributed by atoms with E-state index in [-0.39, 0.29) is 18.6 Å². The van der Waals surface area contributed by atoms with Gasteiger partial charge in [0.1, 0.15) is 18.2 Å². The molecule has 24 heavy (non-hydrogen) atoms. The lowest BCUT2D eigenvalue weighted by molar-refractivity contribution is -0.137. The van der Waals surface area contributed by atoms with Crippen molar-refractivity contribution in [3.05, 3.63) is 17.6 Å². The number of nitrogens with zero attached hydrogens (tertiary/aromatic N) is 4. The highest BCUT2D eigenvalue weighted by Gasteiger charge is 2.23. The number of anilines is 1. The maximum absolute atomic E-state index is 12.2. The molecule has 3 rings (SSSR count). The molecule has 1 atom stereocenters. The van der Waals surface area contributed by atoms with Crippen LogP contribution < -0.4 is 4.90 Å². The number of hydrogen-bond acceptors (Lipinski definition) is 6. The van der Waals surface area contributed by atoms with Crippen LogP contribution in [0, 0.1) is 13.8 Å². The first-order valence-electron chi connectivity index (χ1n) is 8.66. The molecule has 2 fully saturated rings. The van der Waals surface area contributed by atoms with Gasteiger partial charge < -0.3 is 19.3 Å². The van der Waals surface area contributed by atoms with Gasteiger partial charge in [-0.2, -0.15) is 0 Å². The highest BCUT2D eigenvalue weighted by atomic mass is 16.5. The highest BCUT2D eigenvalue weighted by molar-refractivity contribution is 5.77. The van der Waals surface area contributed by atoms with E-state index in [1.807, 2.05) is 24.8 Å². The van der Waals surface area contributed by atoms with E-state index in [4.69, 9.17) is 9.47 Å². The molecule has 132 valence electrons. The Morgan fingerprint density at radius 1 is 1.29 bits per heavy atom. The Hall–Kier alpha value is -1.73. The van der Waals surface area contributed by atoms with Gasteiger partial charge in [0, 0.05) is 44.5 Å². The number of ether oxygens (including phenoxy) is 2. The highest BCUT2D eigenvalue weighted by Crippen LogP contribution is 2.15. The van der Waals surface area contributed by atoms with Gasteiger partial charge in [0.2, 0.25) is 5.91 Å². The first-order chi connectivity index (χ1) is 11.6. The van der Waals surface area contributed by atoms with Crippen LogP contribution in [0.2, 0.25) is 0 Å². The lowest BCUT2D eigenvalue weighted by Gasteiger charge is -2.35. The largest absolute Gasteiger partial charge is 0.376 e. The molecular formula is C17H26N4O3. The molecule has 2 aliphatic heterocycles. The zero-order chi connectivity index (χ0) is 16.9. The Morgan fingerprint density at radius 3 is 2.75 bits per heavy atom. The first kappa shape index (κ1) is 17.1. The van der Waals surface area contributed by atoms with Crippen molar-refractivity contribution < 1.29 is 14.3 Å². The molecule has 1 amide bonds. The molecule has 0 radical (unpaired) electrons. The third-order valence-corrected chi connectivity index (χ3v) is 4.46. The van der Waals surface area contributed by atoms with Crippen LogP contribution in [-0.4, -0.2) is 72.9 Å². The number of rotatable bonds is 5. The fourth-order valence-electron chi connectivity index (χ4n) is 3.19. The Kier molecular flexibility index (Phi) is 5.63. The van der Waals surface area contributed by atoms with E-state index in [0.29, 0.717) is 19.7 Å². The maximum Gasteiger partial charge on any atom is 0.248 e. The van der Waals surface area contributed by atoms with Gasteiger partial charge in [-0.15, -0.1) is 0 Å². The van der Waals surface area contributed by atoms with Crippen molar-refractivity contribution in [2.75, 3.05) is 50.9 Å². The predicted octanol–water partition coefficient (Wildman–Crippen LogP) is 0.938. The van der Waals surface area contributed by atoms with Gasteiger partial charge in [0.25, 0.3) is 0 Å². The van der Waals surface area contributed by atoms with Crippen LogP contribution >= 0.6 is 0 Å². The summed E-state index contributed by atoms with van der Waals surface area (Å²) in [5.41, 5.74) is 0.971. The zero-order valence-electron chi connectivity index (χ0n) is 14.5. The topological polar surface area (TPSA) is 67.8 Å². The lowest BCUT2D eigenvalue weighted by atomic mass is 10.2. The van der Waals surface area contributed by atoms with E-state index >= 15 is 0 Å². The fourth-order valence-corrected chi connectivity index (χ4v) is 3.19. The molecule has 1 aromatic rings. The minimum atomic E-state index is 0.0581. The van der Waals surface area contributed by atoms with E-state index < -0.39 is 0 Å². The molecule has 2 saturated heterocycles. The molecule has 1 unspecified atom stereocenters. The molecule has 0 N–H and O–H groups in total. The van der Waals surface area contributed by atoms with Gasteiger partial charge in [-0.1, -0.05) is 0 Å². The molecule has 0 spiro atoms. The van der Waals surface area contributed by atoms with Crippen LogP contribution in [0.1, 0.15) is 24.4 Å². The van der Waals surface area contributed by atoms with Crippen molar-refractivity contribution in [1.29, 1.82) is 0 Å². The van der Waals surface area contributed by atoms with Crippen molar-refractivity contribution in [3.63, 3.8) is 0 Å². The Morgan fingerprint density at radius 2 is 2.08 bits per heavy atom. The average Bonchev–Trinajstić information content (AvgIpc) is 3.07. The molecule has 0 saturated carbocycles. The summed E-state index contributed by atoms with van der Waals surface area (Å²) < 4.78 is 11.0. The monoisotopic (exact) mass is 334 g/mol. The summed E-state index contributed by atoms with van der Waals surface area (Å²) in [6.45, 7) is 8.32. The summed E-state index contributed by atoms with van der Waals surface area (Å²) in [5, 5.41) is 0. The van der Waals surface area contributed by atoms with Crippen LogP contribution in [-0.2, 0) is 14.3 Å². The van der Waals surface area contributed by atoms with Crippen LogP contribution in [0.4, 0.5) is 5.82 Å². The smallest absolute Gasteiger partial charge is 0.248 e. The second-order valence-corrected chi connectivity index (χ2v) is 6.43. The van der Waals surface area contributed by atoms with Gasteiger partial charge in [-0.05, 0) is 26.7 Å². The Bertz CT molecular complexity index is 547. The minimum Gasteiger partial charge on any atom is -0.376 e. The predicted molar refractivity (Wildman–Crippen MR) is 90.1 cm³/mol. The molecule has 0 aliphatic carbocycles. The molecular weight excluding hydrogens is 308 g/mol. The van der Waals surface area contributed by atoms with Crippen molar-refractivity contribution in [2.24, 2.45) is 0 Å². The van der Waals surface area contributed by atoms with Crippen molar-refractivity contribution in [3.8, 4) is 0 Å². The third-order valence-electron chi connectivity index (χ3n) is 4.46. The summed E-state index contributed by atoms with van der Waals surface area (Å²) in [7, 11) is 0. The summed E-state index contributed by atoms with van der Waals surface area (Å²) in [6.07, 6.45) is 2.29. The van der Waals surface area contributed by atoms with Crippen molar-refractivity contribution in [1.82, 2.24) is 14.9 Å². The second kappa shape index (κ2) is 7.90. The first-order valence-corrected chi connectivity index (χ1v) is 8.66. The van der Waals surface area contributed by atoms with Crippen molar-refractivity contribution >= 4 is 11.7 Å². The van der Waals surface area contributed by atoms with E-state index in [0.717, 1.165) is 49.9 Å². The van der Waals surface area contributed by atoms with Crippen molar-refractivity contribution in [2.45, 2.75) is 32.8 Å². The standard InChI is InChI=1S/C17H26N4O3/c1-13-10-16(19-14(2)18-13)20-5-7-21(8-6-20)17(22)12-23-11-15-4-3-9-24-15/h10,15H,3-9,11-12H2,1-2H3. The molecule has 0 aromatic carbocycles. The number of hydrogen-bond donors (Lipinski definition) is 0. The molecule has 0 bridgehead atoms. The fraction of sp³-hybridized carbons (Fsp3) is 0.706. The van der Waals surface area contributed by atoms with Crippen LogP contribution in [0.3, 0.4) is 0 Å². The number of aromatic nitrogens is 2. The summed E-state index contributed by atoms with van der Waals surface area (Å²) in [5.74, 6) is 1.79. The molecule has 3 heterocycles. The summed E-state index contributed by atoms with van der Waals surface area (Å²) in [4.78, 5) is 25.1. The number of carbonyl (C=O) groups is 1. The molecule has 1 aromatic heterocycles. The number of aryl methyl sites for hydroxylation is 2.